The second-order valence-electron chi connectivity index (χ2n) is 2.46. The number of pyridine rings is 1. The molecule has 0 bridgehead atoms. The van der Waals surface area contributed by atoms with Crippen molar-refractivity contribution in [3.8, 4) is 11.9 Å². The minimum absolute atomic E-state index is 0.149. The molecule has 0 aliphatic heterocycles. The van der Waals surface area contributed by atoms with Gasteiger partial charge in [0.05, 0.1) is 9.50 Å². The quantitative estimate of drug-likeness (QED) is 0.767. The molecule has 2 rings (SSSR count). The Morgan fingerprint density at radius 2 is 1.93 bits per heavy atom. The Kier molecular flexibility index (Phi) is 2.16. The van der Waals surface area contributed by atoms with Gasteiger partial charge in [-0.25, -0.2) is 4.98 Å². The number of hydrogen-bond acceptors (Lipinski definition) is 5. The highest BCUT2D eigenvalue weighted by atomic mass is 79.9. The molecule has 5 nitrogen and oxygen atoms in total. The van der Waals surface area contributed by atoms with Crippen molar-refractivity contribution in [2.45, 2.75) is 0 Å². The van der Waals surface area contributed by atoms with E-state index in [0.717, 1.165) is 0 Å². The Hall–Kier alpha value is -1.14. The van der Waals surface area contributed by atoms with Crippen LogP contribution in [0.4, 0.5) is 0 Å². The van der Waals surface area contributed by atoms with Crippen LogP contribution in [0.5, 0.6) is 11.9 Å². The van der Waals surface area contributed by atoms with Crippen molar-refractivity contribution in [1.29, 1.82) is 0 Å². The van der Waals surface area contributed by atoms with Gasteiger partial charge >= 0.3 is 6.01 Å². The van der Waals surface area contributed by atoms with E-state index in [-0.39, 0.29) is 16.1 Å². The van der Waals surface area contributed by atoms with Crippen molar-refractivity contribution in [3.05, 3.63) is 15.7 Å². The van der Waals surface area contributed by atoms with Crippen LogP contribution in [0.25, 0.3) is 11.0 Å². The zero-order valence-corrected chi connectivity index (χ0v) is 8.91. The van der Waals surface area contributed by atoms with E-state index in [1.54, 1.807) is 0 Å². The second-order valence-corrected chi connectivity index (χ2v) is 3.70. The zero-order valence-electron chi connectivity index (χ0n) is 6.57. The lowest BCUT2D eigenvalue weighted by atomic mass is 10.3. The second kappa shape index (κ2) is 3.21. The Bertz CT molecular complexity index is 520. The molecule has 7 heteroatoms. The summed E-state index contributed by atoms with van der Waals surface area (Å²) in [6.07, 6.45) is 1.42. The molecule has 0 aliphatic rings. The van der Waals surface area contributed by atoms with Gasteiger partial charge in [0.2, 0.25) is 5.88 Å². The van der Waals surface area contributed by atoms with Gasteiger partial charge in [-0.15, -0.1) is 0 Å². The van der Waals surface area contributed by atoms with Crippen LogP contribution in [0.15, 0.2) is 10.7 Å². The van der Waals surface area contributed by atoms with Crippen molar-refractivity contribution in [2.75, 3.05) is 0 Å². The van der Waals surface area contributed by atoms with Crippen LogP contribution in [-0.2, 0) is 0 Å². The summed E-state index contributed by atoms with van der Waals surface area (Å²) in [6.45, 7) is 0. The summed E-state index contributed by atoms with van der Waals surface area (Å²) >= 11 is 9.02. The SMILES string of the molecule is Oc1nc(O)c2ncc(Br)c(Cl)c2n1. The van der Waals surface area contributed by atoms with Gasteiger partial charge in [0, 0.05) is 6.20 Å². The zero-order chi connectivity index (χ0) is 10.3. The van der Waals surface area contributed by atoms with E-state index in [2.05, 4.69) is 30.9 Å². The topological polar surface area (TPSA) is 79.1 Å². The number of nitrogens with zero attached hydrogens (tertiary/aromatic N) is 3. The van der Waals surface area contributed by atoms with Gasteiger partial charge in [-0.1, -0.05) is 11.6 Å². The molecule has 0 unspecified atom stereocenters. The minimum Gasteiger partial charge on any atom is -0.492 e. The van der Waals surface area contributed by atoms with E-state index in [1.807, 2.05) is 0 Å². The van der Waals surface area contributed by atoms with Crippen LogP contribution >= 0.6 is 27.5 Å². The molecule has 0 saturated carbocycles. The van der Waals surface area contributed by atoms with Crippen molar-refractivity contribution in [2.24, 2.45) is 0 Å². The first kappa shape index (κ1) is 9.42. The first-order valence-electron chi connectivity index (χ1n) is 3.49. The Balaban J connectivity index is 2.95. The molecule has 0 amide bonds. The van der Waals surface area contributed by atoms with Gasteiger partial charge in [0.1, 0.15) is 5.52 Å². The maximum Gasteiger partial charge on any atom is 0.317 e. The number of fused-ring (bicyclic) bond motifs is 1. The van der Waals surface area contributed by atoms with E-state index in [1.165, 1.54) is 6.20 Å². The number of halogens is 2. The molecule has 0 saturated heterocycles. The molecule has 72 valence electrons. The standard InChI is InChI=1S/C7H3BrClN3O2/c8-2-1-10-5-4(3(2)9)11-7(14)12-6(5)13/h1H,(H2,11,12,13,14). The summed E-state index contributed by atoms with van der Waals surface area (Å²) in [5.74, 6) is -0.401. The summed E-state index contributed by atoms with van der Waals surface area (Å²) in [4.78, 5) is 10.9. The van der Waals surface area contributed by atoms with Crippen LogP contribution < -0.4 is 0 Å². The van der Waals surface area contributed by atoms with E-state index in [9.17, 15) is 5.11 Å². The third kappa shape index (κ3) is 1.36. The molecule has 0 aromatic carbocycles. The fraction of sp³-hybridized carbons (Fsp3) is 0. The fourth-order valence-corrected chi connectivity index (χ4v) is 1.47. The normalized spacial score (nSPS) is 10.7. The average molecular weight is 276 g/mol. The van der Waals surface area contributed by atoms with Crippen LogP contribution in [0.1, 0.15) is 0 Å². The minimum atomic E-state index is -0.545. The molecule has 0 radical (unpaired) electrons. The first-order chi connectivity index (χ1) is 6.59. The van der Waals surface area contributed by atoms with Gasteiger partial charge in [-0.05, 0) is 15.9 Å². The predicted octanol–water partition coefficient (Wildman–Crippen LogP) is 1.85. The van der Waals surface area contributed by atoms with Crippen molar-refractivity contribution >= 4 is 38.6 Å². The fourth-order valence-electron chi connectivity index (χ4n) is 0.994. The molecule has 2 N–H and O–H groups in total. The lowest BCUT2D eigenvalue weighted by molar-refractivity contribution is 0.403. The average Bonchev–Trinajstić information content (AvgIpc) is 2.12. The summed E-state index contributed by atoms with van der Waals surface area (Å²) in [5, 5.41) is 18.6. The highest BCUT2D eigenvalue weighted by molar-refractivity contribution is 9.10. The van der Waals surface area contributed by atoms with Gasteiger partial charge in [0.25, 0.3) is 0 Å². The van der Waals surface area contributed by atoms with Crippen LogP contribution in [0, 0.1) is 0 Å². The Labute approximate surface area is 91.5 Å². The smallest absolute Gasteiger partial charge is 0.317 e. The molecule has 0 atom stereocenters. The third-order valence-electron chi connectivity index (χ3n) is 1.58. The van der Waals surface area contributed by atoms with E-state index in [4.69, 9.17) is 16.7 Å². The van der Waals surface area contributed by atoms with E-state index in [0.29, 0.717) is 4.47 Å². The van der Waals surface area contributed by atoms with Crippen molar-refractivity contribution in [1.82, 2.24) is 15.0 Å². The third-order valence-corrected chi connectivity index (χ3v) is 2.79. The molecule has 2 aromatic heterocycles. The summed E-state index contributed by atoms with van der Waals surface area (Å²) in [7, 11) is 0. The van der Waals surface area contributed by atoms with Gasteiger partial charge in [-0.3, -0.25) is 0 Å². The van der Waals surface area contributed by atoms with E-state index < -0.39 is 11.9 Å². The Morgan fingerprint density at radius 3 is 2.64 bits per heavy atom. The lowest BCUT2D eigenvalue weighted by Gasteiger charge is -2.02. The molecule has 2 heterocycles. The highest BCUT2D eigenvalue weighted by Gasteiger charge is 2.12. The number of hydrogen-bond donors (Lipinski definition) is 2. The number of rotatable bonds is 0. The van der Waals surface area contributed by atoms with Crippen LogP contribution in [0.2, 0.25) is 5.02 Å². The van der Waals surface area contributed by atoms with Gasteiger partial charge in [-0.2, -0.15) is 9.97 Å². The summed E-state index contributed by atoms with van der Waals surface area (Å²) in [5.41, 5.74) is 0.349. The van der Waals surface area contributed by atoms with Gasteiger partial charge in [0.15, 0.2) is 5.52 Å². The highest BCUT2D eigenvalue weighted by Crippen LogP contribution is 2.31. The summed E-state index contributed by atoms with van der Waals surface area (Å²) in [6, 6.07) is -0.545. The maximum absolute atomic E-state index is 9.32. The van der Waals surface area contributed by atoms with Crippen LogP contribution in [0.3, 0.4) is 0 Å². The van der Waals surface area contributed by atoms with E-state index >= 15 is 0 Å². The van der Waals surface area contributed by atoms with Gasteiger partial charge < -0.3 is 10.2 Å². The number of aromatic hydroxyl groups is 2. The van der Waals surface area contributed by atoms with Crippen LogP contribution in [-0.4, -0.2) is 25.2 Å². The first-order valence-corrected chi connectivity index (χ1v) is 4.66. The largest absolute Gasteiger partial charge is 0.492 e. The molecule has 0 spiro atoms. The molecular formula is C7H3BrClN3O2. The monoisotopic (exact) mass is 275 g/mol. The Morgan fingerprint density at radius 1 is 1.21 bits per heavy atom. The number of aromatic nitrogens is 3. The lowest BCUT2D eigenvalue weighted by Crippen LogP contribution is -1.89. The molecule has 0 aliphatic carbocycles. The summed E-state index contributed by atoms with van der Waals surface area (Å²) < 4.78 is 0.532. The van der Waals surface area contributed by atoms with Crippen molar-refractivity contribution in [3.63, 3.8) is 0 Å². The molecular weight excluding hydrogens is 273 g/mol. The maximum atomic E-state index is 9.32. The predicted molar refractivity (Wildman–Crippen MR) is 53.4 cm³/mol. The molecule has 2 aromatic rings. The molecule has 14 heavy (non-hydrogen) atoms. The van der Waals surface area contributed by atoms with Crippen molar-refractivity contribution < 1.29 is 10.2 Å². The molecule has 0 fully saturated rings.